The third-order valence-corrected chi connectivity index (χ3v) is 6.99. The van der Waals surface area contributed by atoms with Gasteiger partial charge in [0.1, 0.15) is 16.5 Å². The highest BCUT2D eigenvalue weighted by Crippen LogP contribution is 2.38. The standard InChI is InChI=1S/C27H24ClN3O7S/c1-13-9-17(15(3)29-19-6-8-22(28)30-23(19)27(33)31-39(4,34)35)26-18(10-13)24(32)14(2)25(38-26)16-5-7-20-21(11-16)37-12-36-20/h5-11,15,29H,12H2,1-4H3,(H,31,33). The minimum atomic E-state index is -3.84. The summed E-state index contributed by atoms with van der Waals surface area (Å²) in [7, 11) is -3.84. The zero-order valence-electron chi connectivity index (χ0n) is 21.4. The van der Waals surface area contributed by atoms with Gasteiger partial charge in [0.2, 0.25) is 16.8 Å². The van der Waals surface area contributed by atoms with Crippen molar-refractivity contribution >= 4 is 44.2 Å². The van der Waals surface area contributed by atoms with Gasteiger partial charge in [0.05, 0.1) is 23.4 Å². The summed E-state index contributed by atoms with van der Waals surface area (Å²) in [6.07, 6.45) is 0.867. The molecule has 0 aliphatic carbocycles. The Labute approximate surface area is 229 Å². The summed E-state index contributed by atoms with van der Waals surface area (Å²) in [5.74, 6) is 0.630. The van der Waals surface area contributed by atoms with Crippen molar-refractivity contribution in [3.63, 3.8) is 0 Å². The molecule has 4 aromatic rings. The third-order valence-electron chi connectivity index (χ3n) is 6.22. The van der Waals surface area contributed by atoms with E-state index in [9.17, 15) is 18.0 Å². The van der Waals surface area contributed by atoms with E-state index in [0.29, 0.717) is 44.9 Å². The lowest BCUT2D eigenvalue weighted by Crippen LogP contribution is -2.31. The van der Waals surface area contributed by atoms with E-state index in [4.69, 9.17) is 25.5 Å². The number of nitrogens with zero attached hydrogens (tertiary/aromatic N) is 1. The lowest BCUT2D eigenvalue weighted by molar-refractivity contribution is 0.0977. The first-order valence-corrected chi connectivity index (χ1v) is 14.1. The topological polar surface area (TPSA) is 137 Å². The summed E-state index contributed by atoms with van der Waals surface area (Å²) < 4.78 is 42.5. The molecule has 12 heteroatoms. The van der Waals surface area contributed by atoms with Crippen LogP contribution in [-0.2, 0) is 10.0 Å². The average molecular weight is 570 g/mol. The van der Waals surface area contributed by atoms with Crippen molar-refractivity contribution in [2.24, 2.45) is 0 Å². The van der Waals surface area contributed by atoms with Crippen LogP contribution in [0.25, 0.3) is 22.3 Å². The second-order valence-electron chi connectivity index (χ2n) is 9.28. The molecule has 3 heterocycles. The molecule has 0 spiro atoms. The van der Waals surface area contributed by atoms with Crippen LogP contribution in [0.15, 0.2) is 51.7 Å². The van der Waals surface area contributed by atoms with Gasteiger partial charge in [-0.2, -0.15) is 0 Å². The maximum absolute atomic E-state index is 13.5. The van der Waals surface area contributed by atoms with E-state index in [2.05, 4.69) is 10.3 Å². The van der Waals surface area contributed by atoms with E-state index < -0.39 is 22.0 Å². The number of sulfonamides is 1. The molecule has 0 bridgehead atoms. The highest BCUT2D eigenvalue weighted by atomic mass is 35.5. The number of rotatable bonds is 6. The number of aryl methyl sites for hydroxylation is 1. The first-order valence-electron chi connectivity index (χ1n) is 11.8. The van der Waals surface area contributed by atoms with E-state index >= 15 is 0 Å². The van der Waals surface area contributed by atoms with E-state index in [1.54, 1.807) is 31.2 Å². The van der Waals surface area contributed by atoms with Crippen molar-refractivity contribution in [2.75, 3.05) is 18.4 Å². The van der Waals surface area contributed by atoms with Gasteiger partial charge in [0.25, 0.3) is 5.91 Å². The molecule has 2 aromatic carbocycles. The molecule has 0 saturated heterocycles. The number of carbonyl (C=O) groups excluding carboxylic acids is 1. The number of aromatic nitrogens is 1. The number of amides is 1. The molecule has 0 fully saturated rings. The molecule has 202 valence electrons. The number of halogens is 1. The number of hydrogen-bond donors (Lipinski definition) is 2. The largest absolute Gasteiger partial charge is 0.455 e. The fourth-order valence-electron chi connectivity index (χ4n) is 4.45. The highest BCUT2D eigenvalue weighted by Gasteiger charge is 2.23. The Bertz CT molecular complexity index is 1820. The van der Waals surface area contributed by atoms with Gasteiger partial charge in [-0.25, -0.2) is 18.1 Å². The van der Waals surface area contributed by atoms with Crippen LogP contribution >= 0.6 is 11.6 Å². The van der Waals surface area contributed by atoms with Crippen molar-refractivity contribution < 1.29 is 27.1 Å². The van der Waals surface area contributed by atoms with Gasteiger partial charge in [-0.05, 0) is 62.7 Å². The fourth-order valence-corrected chi connectivity index (χ4v) is 5.04. The van der Waals surface area contributed by atoms with E-state index in [1.807, 2.05) is 24.6 Å². The molecule has 1 amide bonds. The summed E-state index contributed by atoms with van der Waals surface area (Å²) in [5, 5.41) is 3.62. The van der Waals surface area contributed by atoms with Gasteiger partial charge in [0, 0.05) is 16.7 Å². The quantitative estimate of drug-likeness (QED) is 0.316. The summed E-state index contributed by atoms with van der Waals surface area (Å²) in [5.41, 5.74) is 2.81. The number of benzene rings is 2. The Balaban J connectivity index is 1.61. The lowest BCUT2D eigenvalue weighted by Gasteiger charge is -2.20. The maximum Gasteiger partial charge on any atom is 0.285 e. The molecule has 1 aliphatic heterocycles. The molecule has 5 rings (SSSR count). The number of carbonyl (C=O) groups is 1. The van der Waals surface area contributed by atoms with Gasteiger partial charge in [-0.3, -0.25) is 9.59 Å². The van der Waals surface area contributed by atoms with Gasteiger partial charge in [0.15, 0.2) is 22.6 Å². The molecule has 1 atom stereocenters. The number of anilines is 1. The second-order valence-corrected chi connectivity index (χ2v) is 11.4. The molecule has 2 aromatic heterocycles. The summed E-state index contributed by atoms with van der Waals surface area (Å²) in [4.78, 5) is 30.2. The number of nitrogens with one attached hydrogen (secondary N) is 2. The molecule has 1 unspecified atom stereocenters. The first-order chi connectivity index (χ1) is 18.4. The van der Waals surface area contributed by atoms with Crippen LogP contribution in [0.1, 0.15) is 40.1 Å². The van der Waals surface area contributed by atoms with Crippen LogP contribution in [0, 0.1) is 13.8 Å². The summed E-state index contributed by atoms with van der Waals surface area (Å²) in [6, 6.07) is 11.5. The minimum absolute atomic E-state index is 0.0164. The van der Waals surface area contributed by atoms with Crippen molar-refractivity contribution in [2.45, 2.75) is 26.8 Å². The number of fused-ring (bicyclic) bond motifs is 2. The predicted octanol–water partition coefficient (Wildman–Crippen LogP) is 4.72. The fraction of sp³-hybridized carbons (Fsp3) is 0.222. The molecule has 39 heavy (non-hydrogen) atoms. The van der Waals surface area contributed by atoms with Crippen LogP contribution in [0.3, 0.4) is 0 Å². The molecule has 2 N–H and O–H groups in total. The van der Waals surface area contributed by atoms with Gasteiger partial charge in [-0.15, -0.1) is 0 Å². The zero-order chi connectivity index (χ0) is 28.1. The summed E-state index contributed by atoms with van der Waals surface area (Å²) >= 11 is 5.99. The second kappa shape index (κ2) is 9.90. The van der Waals surface area contributed by atoms with E-state index in [0.717, 1.165) is 11.8 Å². The number of hydrogen-bond acceptors (Lipinski definition) is 9. The normalized spacial score (nSPS) is 13.4. The minimum Gasteiger partial charge on any atom is -0.455 e. The van der Waals surface area contributed by atoms with Gasteiger partial charge >= 0.3 is 0 Å². The van der Waals surface area contributed by atoms with Crippen LogP contribution in [0.5, 0.6) is 11.5 Å². The molecule has 1 aliphatic rings. The van der Waals surface area contributed by atoms with Crippen LogP contribution in [-0.4, -0.2) is 32.4 Å². The Hall–Kier alpha value is -4.09. The van der Waals surface area contributed by atoms with Crippen LogP contribution in [0.2, 0.25) is 5.15 Å². The van der Waals surface area contributed by atoms with E-state index in [1.165, 1.54) is 12.1 Å². The Morgan fingerprint density at radius 1 is 1.08 bits per heavy atom. The van der Waals surface area contributed by atoms with Crippen molar-refractivity contribution in [3.05, 3.63) is 80.2 Å². The van der Waals surface area contributed by atoms with Crippen molar-refractivity contribution in [1.82, 2.24) is 9.71 Å². The predicted molar refractivity (Wildman–Crippen MR) is 147 cm³/mol. The SMILES string of the molecule is Cc1cc(C(C)Nc2ccc(Cl)nc2C(=O)NS(C)(=O)=O)c2oc(-c3ccc4c(c3)OCO4)c(C)c(=O)c2c1. The highest BCUT2D eigenvalue weighted by molar-refractivity contribution is 7.89. The number of ether oxygens (including phenoxy) is 2. The molecule has 0 saturated carbocycles. The Kier molecular flexibility index (Phi) is 6.73. The molecular formula is C27H24ClN3O7S. The molecule has 10 nitrogen and oxygen atoms in total. The average Bonchev–Trinajstić information content (AvgIpc) is 3.34. The van der Waals surface area contributed by atoms with Crippen molar-refractivity contribution in [1.29, 1.82) is 0 Å². The lowest BCUT2D eigenvalue weighted by atomic mass is 9.98. The van der Waals surface area contributed by atoms with Crippen molar-refractivity contribution in [3.8, 4) is 22.8 Å². The first kappa shape index (κ1) is 26.5. The maximum atomic E-state index is 13.5. The summed E-state index contributed by atoms with van der Waals surface area (Å²) in [6.45, 7) is 5.52. The smallest absolute Gasteiger partial charge is 0.285 e. The number of pyridine rings is 1. The third kappa shape index (κ3) is 5.27. The zero-order valence-corrected chi connectivity index (χ0v) is 23.0. The van der Waals surface area contributed by atoms with E-state index in [-0.39, 0.29) is 28.8 Å². The molecular weight excluding hydrogens is 546 g/mol. The van der Waals surface area contributed by atoms with Crippen LogP contribution in [0.4, 0.5) is 5.69 Å². The van der Waals surface area contributed by atoms with Crippen LogP contribution < -0.4 is 24.9 Å². The Morgan fingerprint density at radius 2 is 1.82 bits per heavy atom. The molecule has 0 radical (unpaired) electrons. The Morgan fingerprint density at radius 3 is 2.56 bits per heavy atom. The monoisotopic (exact) mass is 569 g/mol. The van der Waals surface area contributed by atoms with Gasteiger partial charge < -0.3 is 19.2 Å². The van der Waals surface area contributed by atoms with Gasteiger partial charge in [-0.1, -0.05) is 17.7 Å².